The Bertz CT molecular complexity index is 693. The van der Waals surface area contributed by atoms with Gasteiger partial charge in [0.05, 0.1) is 28.2 Å². The Morgan fingerprint density at radius 3 is 2.95 bits per heavy atom. The average Bonchev–Trinajstić information content (AvgIpc) is 3.18. The molecule has 0 aliphatic carbocycles. The first kappa shape index (κ1) is 13.0. The van der Waals surface area contributed by atoms with Crippen LogP contribution in [-0.2, 0) is 6.54 Å². The third-order valence-corrected chi connectivity index (χ3v) is 4.38. The summed E-state index contributed by atoms with van der Waals surface area (Å²) < 4.78 is 0. The summed E-state index contributed by atoms with van der Waals surface area (Å²) in [5.74, 6) is -0.116. The second-order valence-corrected chi connectivity index (χ2v) is 5.95. The molecule has 0 spiro atoms. The van der Waals surface area contributed by atoms with E-state index in [1.54, 1.807) is 41.4 Å². The van der Waals surface area contributed by atoms with Gasteiger partial charge in [-0.1, -0.05) is 6.07 Å². The second kappa shape index (κ2) is 5.94. The number of pyridine rings is 1. The van der Waals surface area contributed by atoms with Crippen LogP contribution in [0.3, 0.4) is 0 Å². The monoisotopic (exact) mass is 301 g/mol. The smallest absolute Gasteiger partial charge is 0.253 e. The number of thiophene rings is 1. The van der Waals surface area contributed by atoms with Crippen molar-refractivity contribution < 1.29 is 4.79 Å². The summed E-state index contributed by atoms with van der Waals surface area (Å²) in [7, 11) is 0. The standard InChI is InChI=1S/C14H11N3OS2/c18-14(17-7-10-3-2-6-19-10)11-4-1-5-16-13(11)12-8-15-9-20-12/h1-6,8-9H,7H2,(H,17,18). The van der Waals surface area contributed by atoms with Crippen LogP contribution in [0.15, 0.2) is 47.5 Å². The topological polar surface area (TPSA) is 54.9 Å². The van der Waals surface area contributed by atoms with Gasteiger partial charge in [-0.3, -0.25) is 14.8 Å². The zero-order chi connectivity index (χ0) is 13.8. The molecule has 0 aliphatic heterocycles. The molecule has 0 saturated heterocycles. The van der Waals surface area contributed by atoms with Gasteiger partial charge in [-0.15, -0.1) is 22.7 Å². The molecule has 0 fully saturated rings. The molecule has 0 bridgehead atoms. The summed E-state index contributed by atoms with van der Waals surface area (Å²) in [6.07, 6.45) is 3.41. The van der Waals surface area contributed by atoms with Crippen LogP contribution in [0.5, 0.6) is 0 Å². The summed E-state index contributed by atoms with van der Waals surface area (Å²) >= 11 is 3.10. The highest BCUT2D eigenvalue weighted by molar-refractivity contribution is 7.13. The molecule has 6 heteroatoms. The average molecular weight is 301 g/mol. The summed E-state index contributed by atoms with van der Waals surface area (Å²) in [5, 5.41) is 4.91. The van der Waals surface area contributed by atoms with Gasteiger partial charge in [0.1, 0.15) is 0 Å². The number of amides is 1. The maximum atomic E-state index is 12.3. The third-order valence-electron chi connectivity index (χ3n) is 2.72. The van der Waals surface area contributed by atoms with Crippen molar-refractivity contribution >= 4 is 28.6 Å². The fourth-order valence-corrected chi connectivity index (χ4v) is 3.07. The van der Waals surface area contributed by atoms with E-state index in [9.17, 15) is 4.79 Å². The first-order chi connectivity index (χ1) is 9.84. The molecule has 0 unspecified atom stereocenters. The number of thiazole rings is 1. The van der Waals surface area contributed by atoms with Crippen LogP contribution >= 0.6 is 22.7 Å². The van der Waals surface area contributed by atoms with Crippen molar-refractivity contribution in [2.75, 3.05) is 0 Å². The number of hydrogen-bond donors (Lipinski definition) is 1. The molecule has 0 radical (unpaired) electrons. The molecule has 3 aromatic heterocycles. The summed E-state index contributed by atoms with van der Waals surface area (Å²) in [4.78, 5) is 22.6. The van der Waals surface area contributed by atoms with E-state index in [1.807, 2.05) is 17.5 Å². The van der Waals surface area contributed by atoms with Crippen molar-refractivity contribution in [3.05, 3.63) is 58.0 Å². The van der Waals surface area contributed by atoms with Crippen molar-refractivity contribution in [1.82, 2.24) is 15.3 Å². The lowest BCUT2D eigenvalue weighted by molar-refractivity contribution is 0.0951. The molecule has 3 heterocycles. The highest BCUT2D eigenvalue weighted by atomic mass is 32.1. The van der Waals surface area contributed by atoms with Crippen LogP contribution < -0.4 is 5.32 Å². The molecule has 3 aromatic rings. The first-order valence-corrected chi connectivity index (χ1v) is 7.75. The molecular weight excluding hydrogens is 290 g/mol. The zero-order valence-electron chi connectivity index (χ0n) is 10.4. The van der Waals surface area contributed by atoms with E-state index in [1.165, 1.54) is 11.3 Å². The lowest BCUT2D eigenvalue weighted by Crippen LogP contribution is -2.23. The van der Waals surface area contributed by atoms with Crippen LogP contribution in [0, 0.1) is 0 Å². The number of aromatic nitrogens is 2. The highest BCUT2D eigenvalue weighted by Gasteiger charge is 2.14. The van der Waals surface area contributed by atoms with Gasteiger partial charge in [0, 0.05) is 17.3 Å². The van der Waals surface area contributed by atoms with E-state index in [-0.39, 0.29) is 5.91 Å². The van der Waals surface area contributed by atoms with E-state index in [0.29, 0.717) is 17.8 Å². The number of nitrogens with zero attached hydrogens (tertiary/aromatic N) is 2. The summed E-state index contributed by atoms with van der Waals surface area (Å²) in [6.45, 7) is 0.535. The van der Waals surface area contributed by atoms with Gasteiger partial charge in [0.2, 0.25) is 0 Å². The fraction of sp³-hybridized carbons (Fsp3) is 0.0714. The van der Waals surface area contributed by atoms with Crippen molar-refractivity contribution in [2.24, 2.45) is 0 Å². The predicted molar refractivity (Wildman–Crippen MR) is 80.8 cm³/mol. The maximum Gasteiger partial charge on any atom is 0.253 e. The largest absolute Gasteiger partial charge is 0.347 e. The van der Waals surface area contributed by atoms with Gasteiger partial charge >= 0.3 is 0 Å². The quantitative estimate of drug-likeness (QED) is 0.805. The SMILES string of the molecule is O=C(NCc1cccs1)c1cccnc1-c1cncs1. The molecule has 1 N–H and O–H groups in total. The zero-order valence-corrected chi connectivity index (χ0v) is 12.1. The molecule has 0 atom stereocenters. The van der Waals surface area contributed by atoms with Crippen molar-refractivity contribution in [1.29, 1.82) is 0 Å². The van der Waals surface area contributed by atoms with Crippen LogP contribution in [0.25, 0.3) is 10.6 Å². The van der Waals surface area contributed by atoms with Gasteiger partial charge in [-0.2, -0.15) is 0 Å². The molecular formula is C14H11N3OS2. The predicted octanol–water partition coefficient (Wildman–Crippen LogP) is 3.20. The Hall–Kier alpha value is -2.05. The molecule has 0 aromatic carbocycles. The first-order valence-electron chi connectivity index (χ1n) is 5.99. The molecule has 1 amide bonds. The molecule has 3 rings (SSSR count). The number of nitrogens with one attached hydrogen (secondary N) is 1. The lowest BCUT2D eigenvalue weighted by atomic mass is 10.1. The van der Waals surface area contributed by atoms with Crippen LogP contribution in [0.4, 0.5) is 0 Å². The number of hydrogen-bond acceptors (Lipinski definition) is 5. The molecule has 0 aliphatic rings. The van der Waals surface area contributed by atoms with Gasteiger partial charge in [-0.25, -0.2) is 0 Å². The maximum absolute atomic E-state index is 12.3. The number of carbonyl (C=O) groups is 1. The Balaban J connectivity index is 1.81. The van der Waals surface area contributed by atoms with E-state index in [2.05, 4.69) is 15.3 Å². The summed E-state index contributed by atoms with van der Waals surface area (Å²) in [6, 6.07) is 7.52. The van der Waals surface area contributed by atoms with E-state index < -0.39 is 0 Å². The fourth-order valence-electron chi connectivity index (χ4n) is 1.79. The van der Waals surface area contributed by atoms with Crippen molar-refractivity contribution in [3.8, 4) is 10.6 Å². The Labute approximate surface area is 124 Å². The van der Waals surface area contributed by atoms with Crippen LogP contribution in [0.2, 0.25) is 0 Å². The van der Waals surface area contributed by atoms with E-state index >= 15 is 0 Å². The van der Waals surface area contributed by atoms with E-state index in [0.717, 1.165) is 9.75 Å². The Morgan fingerprint density at radius 1 is 1.25 bits per heavy atom. The van der Waals surface area contributed by atoms with Crippen LogP contribution in [-0.4, -0.2) is 15.9 Å². The van der Waals surface area contributed by atoms with Gasteiger partial charge in [0.15, 0.2) is 0 Å². The van der Waals surface area contributed by atoms with Crippen molar-refractivity contribution in [2.45, 2.75) is 6.54 Å². The molecule has 4 nitrogen and oxygen atoms in total. The minimum absolute atomic E-state index is 0.116. The Kier molecular flexibility index (Phi) is 3.85. The van der Waals surface area contributed by atoms with Gasteiger partial charge in [0.25, 0.3) is 5.91 Å². The highest BCUT2D eigenvalue weighted by Crippen LogP contribution is 2.24. The number of rotatable bonds is 4. The van der Waals surface area contributed by atoms with E-state index in [4.69, 9.17) is 0 Å². The van der Waals surface area contributed by atoms with Gasteiger partial charge in [-0.05, 0) is 23.6 Å². The minimum atomic E-state index is -0.116. The second-order valence-electron chi connectivity index (χ2n) is 4.03. The van der Waals surface area contributed by atoms with Crippen LogP contribution in [0.1, 0.15) is 15.2 Å². The third kappa shape index (κ3) is 2.76. The molecule has 20 heavy (non-hydrogen) atoms. The molecule has 0 saturated carbocycles. The number of carbonyl (C=O) groups excluding carboxylic acids is 1. The Morgan fingerprint density at radius 2 is 2.20 bits per heavy atom. The minimum Gasteiger partial charge on any atom is -0.347 e. The summed E-state index contributed by atoms with van der Waals surface area (Å²) in [5.41, 5.74) is 2.99. The van der Waals surface area contributed by atoms with Gasteiger partial charge < -0.3 is 5.32 Å². The van der Waals surface area contributed by atoms with Crippen molar-refractivity contribution in [3.63, 3.8) is 0 Å². The molecule has 100 valence electrons. The lowest BCUT2D eigenvalue weighted by Gasteiger charge is -2.07. The normalized spacial score (nSPS) is 10.4.